The number of anilines is 1. The van der Waals surface area contributed by atoms with E-state index in [-0.39, 0.29) is 5.91 Å². The quantitative estimate of drug-likeness (QED) is 0.556. The van der Waals surface area contributed by atoms with Gasteiger partial charge in [0, 0.05) is 11.3 Å². The number of carbonyl (C=O) groups excluding carboxylic acids is 2. The smallest absolute Gasteiger partial charge is 0.347 e. The van der Waals surface area contributed by atoms with Crippen LogP contribution in [-0.4, -0.2) is 19.0 Å². The molecule has 1 N–H and O–H groups in total. The van der Waals surface area contributed by atoms with Crippen LogP contribution in [0.5, 0.6) is 11.5 Å². The molecule has 0 radical (unpaired) electrons. The van der Waals surface area contributed by atoms with Gasteiger partial charge in [-0.15, -0.1) is 0 Å². The van der Waals surface area contributed by atoms with Gasteiger partial charge in [0.1, 0.15) is 17.1 Å². The first-order valence-corrected chi connectivity index (χ1v) is 7.99. The lowest BCUT2D eigenvalue weighted by Crippen LogP contribution is -2.12. The summed E-state index contributed by atoms with van der Waals surface area (Å²) in [5, 5.41) is 2.79. The van der Waals surface area contributed by atoms with Gasteiger partial charge >= 0.3 is 5.97 Å². The minimum Gasteiger partial charge on any atom is -0.496 e. The van der Waals surface area contributed by atoms with Crippen molar-refractivity contribution in [1.82, 2.24) is 0 Å². The van der Waals surface area contributed by atoms with Crippen LogP contribution in [-0.2, 0) is 0 Å². The molecule has 0 fully saturated rings. The van der Waals surface area contributed by atoms with E-state index in [1.54, 1.807) is 72.8 Å². The second-order valence-corrected chi connectivity index (χ2v) is 5.43. The number of benzene rings is 3. The predicted molar refractivity (Wildman–Crippen MR) is 98.8 cm³/mol. The van der Waals surface area contributed by atoms with E-state index < -0.39 is 5.97 Å². The molecule has 0 heterocycles. The van der Waals surface area contributed by atoms with Crippen LogP contribution in [0.4, 0.5) is 5.69 Å². The van der Waals surface area contributed by atoms with Crippen molar-refractivity contribution >= 4 is 17.6 Å². The van der Waals surface area contributed by atoms with Crippen molar-refractivity contribution in [2.24, 2.45) is 0 Å². The molecule has 0 saturated heterocycles. The van der Waals surface area contributed by atoms with Crippen LogP contribution in [0, 0.1) is 0 Å². The molecule has 3 aromatic rings. The molecule has 5 heteroatoms. The monoisotopic (exact) mass is 347 g/mol. The van der Waals surface area contributed by atoms with Gasteiger partial charge in [0.15, 0.2) is 0 Å². The Labute approximate surface area is 151 Å². The van der Waals surface area contributed by atoms with E-state index in [0.717, 1.165) is 0 Å². The number of rotatable bonds is 5. The molecule has 0 unspecified atom stereocenters. The molecular formula is C21H17NO4. The van der Waals surface area contributed by atoms with Gasteiger partial charge in [-0.25, -0.2) is 4.79 Å². The van der Waals surface area contributed by atoms with Crippen molar-refractivity contribution in [2.75, 3.05) is 12.4 Å². The van der Waals surface area contributed by atoms with Gasteiger partial charge in [-0.2, -0.15) is 0 Å². The fourth-order valence-electron chi connectivity index (χ4n) is 2.37. The van der Waals surface area contributed by atoms with Crippen LogP contribution in [0.15, 0.2) is 78.9 Å². The maximum Gasteiger partial charge on any atom is 0.347 e. The topological polar surface area (TPSA) is 64.6 Å². The van der Waals surface area contributed by atoms with Gasteiger partial charge in [-0.1, -0.05) is 30.3 Å². The Morgan fingerprint density at radius 2 is 1.46 bits per heavy atom. The molecule has 3 aromatic carbocycles. The van der Waals surface area contributed by atoms with E-state index in [1.807, 2.05) is 6.07 Å². The molecule has 0 aliphatic heterocycles. The summed E-state index contributed by atoms with van der Waals surface area (Å²) in [6.07, 6.45) is 0. The summed E-state index contributed by atoms with van der Waals surface area (Å²) in [4.78, 5) is 24.4. The highest BCUT2D eigenvalue weighted by Crippen LogP contribution is 2.21. The van der Waals surface area contributed by atoms with E-state index in [2.05, 4.69) is 5.32 Å². The molecule has 5 nitrogen and oxygen atoms in total. The second-order valence-electron chi connectivity index (χ2n) is 5.43. The molecule has 0 bridgehead atoms. The maximum atomic E-state index is 12.3. The first-order chi connectivity index (χ1) is 12.7. The SMILES string of the molecule is COc1ccccc1C(=O)Oc1ccc(NC(=O)c2ccccc2)cc1. The Hall–Kier alpha value is -3.60. The van der Waals surface area contributed by atoms with E-state index in [0.29, 0.717) is 28.3 Å². The lowest BCUT2D eigenvalue weighted by molar-refractivity contribution is 0.0731. The number of amides is 1. The first kappa shape index (κ1) is 17.2. The van der Waals surface area contributed by atoms with E-state index in [9.17, 15) is 9.59 Å². The standard InChI is InChI=1S/C21H17NO4/c1-25-19-10-6-5-9-18(19)21(24)26-17-13-11-16(12-14-17)22-20(23)15-7-3-2-4-8-15/h2-14H,1H3,(H,22,23). The minimum atomic E-state index is -0.511. The fraction of sp³-hybridized carbons (Fsp3) is 0.0476. The third kappa shape index (κ3) is 4.08. The van der Waals surface area contributed by atoms with Crippen LogP contribution in [0.25, 0.3) is 0 Å². The summed E-state index contributed by atoms with van der Waals surface area (Å²) in [5.41, 5.74) is 1.52. The molecule has 26 heavy (non-hydrogen) atoms. The Kier molecular flexibility index (Phi) is 5.29. The fourth-order valence-corrected chi connectivity index (χ4v) is 2.37. The highest BCUT2D eigenvalue weighted by Gasteiger charge is 2.14. The number of carbonyl (C=O) groups is 2. The first-order valence-electron chi connectivity index (χ1n) is 7.99. The number of hydrogen-bond acceptors (Lipinski definition) is 4. The van der Waals surface area contributed by atoms with Gasteiger partial charge in [-0.3, -0.25) is 4.79 Å². The van der Waals surface area contributed by atoms with Crippen LogP contribution >= 0.6 is 0 Å². The van der Waals surface area contributed by atoms with Gasteiger partial charge in [0.2, 0.25) is 0 Å². The molecule has 0 aliphatic carbocycles. The highest BCUT2D eigenvalue weighted by molar-refractivity contribution is 6.04. The molecule has 0 spiro atoms. The molecular weight excluding hydrogens is 330 g/mol. The molecule has 1 amide bonds. The summed E-state index contributed by atoms with van der Waals surface area (Å²) in [7, 11) is 1.50. The normalized spacial score (nSPS) is 10.0. The summed E-state index contributed by atoms with van der Waals surface area (Å²) >= 11 is 0. The largest absolute Gasteiger partial charge is 0.496 e. The summed E-state index contributed by atoms with van der Waals surface area (Å²) in [5.74, 6) is 0.107. The number of methoxy groups -OCH3 is 1. The summed E-state index contributed by atoms with van der Waals surface area (Å²) < 4.78 is 10.5. The van der Waals surface area contributed by atoms with E-state index in [4.69, 9.17) is 9.47 Å². The highest BCUT2D eigenvalue weighted by atomic mass is 16.5. The average molecular weight is 347 g/mol. The van der Waals surface area contributed by atoms with Crippen molar-refractivity contribution in [3.05, 3.63) is 90.0 Å². The molecule has 0 aromatic heterocycles. The molecule has 0 aliphatic rings. The number of ether oxygens (including phenoxy) is 2. The maximum absolute atomic E-state index is 12.3. The number of esters is 1. The molecule has 0 atom stereocenters. The lowest BCUT2D eigenvalue weighted by atomic mass is 10.2. The van der Waals surface area contributed by atoms with Gasteiger partial charge in [-0.05, 0) is 48.5 Å². The van der Waals surface area contributed by atoms with Gasteiger partial charge < -0.3 is 14.8 Å². The van der Waals surface area contributed by atoms with Crippen molar-refractivity contribution < 1.29 is 19.1 Å². The number of para-hydroxylation sites is 1. The van der Waals surface area contributed by atoms with Crippen LogP contribution < -0.4 is 14.8 Å². The van der Waals surface area contributed by atoms with Gasteiger partial charge in [0.25, 0.3) is 5.91 Å². The van der Waals surface area contributed by atoms with Crippen molar-refractivity contribution in [3.8, 4) is 11.5 Å². The average Bonchev–Trinajstić information content (AvgIpc) is 2.70. The third-order valence-electron chi connectivity index (χ3n) is 3.69. The van der Waals surface area contributed by atoms with Crippen molar-refractivity contribution in [2.45, 2.75) is 0 Å². The summed E-state index contributed by atoms with van der Waals surface area (Å²) in [6, 6.07) is 22.3. The molecule has 3 rings (SSSR count). The molecule has 130 valence electrons. The number of hydrogen-bond donors (Lipinski definition) is 1. The van der Waals surface area contributed by atoms with Crippen molar-refractivity contribution in [3.63, 3.8) is 0 Å². The zero-order valence-electron chi connectivity index (χ0n) is 14.1. The lowest BCUT2D eigenvalue weighted by Gasteiger charge is -2.09. The Morgan fingerprint density at radius 3 is 2.15 bits per heavy atom. The Balaban J connectivity index is 1.66. The zero-order valence-corrected chi connectivity index (χ0v) is 14.1. The molecule has 0 saturated carbocycles. The van der Waals surface area contributed by atoms with E-state index in [1.165, 1.54) is 7.11 Å². The summed E-state index contributed by atoms with van der Waals surface area (Å²) in [6.45, 7) is 0. The minimum absolute atomic E-state index is 0.204. The zero-order chi connectivity index (χ0) is 18.4. The van der Waals surface area contributed by atoms with Gasteiger partial charge in [0.05, 0.1) is 7.11 Å². The van der Waals surface area contributed by atoms with E-state index >= 15 is 0 Å². The van der Waals surface area contributed by atoms with Crippen molar-refractivity contribution in [1.29, 1.82) is 0 Å². The Morgan fingerprint density at radius 1 is 0.808 bits per heavy atom. The number of nitrogens with one attached hydrogen (secondary N) is 1. The third-order valence-corrected chi connectivity index (χ3v) is 3.69. The Bertz CT molecular complexity index is 905. The predicted octanol–water partition coefficient (Wildman–Crippen LogP) is 4.17. The van der Waals surface area contributed by atoms with Crippen LogP contribution in [0.2, 0.25) is 0 Å². The van der Waals surface area contributed by atoms with Crippen LogP contribution in [0.1, 0.15) is 20.7 Å². The van der Waals surface area contributed by atoms with Crippen LogP contribution in [0.3, 0.4) is 0 Å². The second kappa shape index (κ2) is 7.98.